The van der Waals surface area contributed by atoms with Crippen LogP contribution in [0.2, 0.25) is 5.02 Å². The lowest BCUT2D eigenvalue weighted by atomic mass is 9.94. The van der Waals surface area contributed by atoms with E-state index < -0.39 is 17.6 Å². The van der Waals surface area contributed by atoms with Crippen molar-refractivity contribution in [1.29, 1.82) is 0 Å². The van der Waals surface area contributed by atoms with Gasteiger partial charge in [-0.15, -0.1) is 0 Å². The van der Waals surface area contributed by atoms with Crippen molar-refractivity contribution < 1.29 is 22.8 Å². The number of carbonyl (C=O) groups is 2. The second-order valence-corrected chi connectivity index (χ2v) is 6.90. The summed E-state index contributed by atoms with van der Waals surface area (Å²) in [7, 11) is 0. The molecule has 1 aliphatic carbocycles. The largest absolute Gasteiger partial charge is 0.416 e. The van der Waals surface area contributed by atoms with Crippen LogP contribution in [-0.4, -0.2) is 29.3 Å². The van der Waals surface area contributed by atoms with Crippen LogP contribution in [0.4, 0.5) is 18.9 Å². The van der Waals surface area contributed by atoms with Crippen LogP contribution in [0.25, 0.3) is 0 Å². The van der Waals surface area contributed by atoms with Crippen LogP contribution in [0, 0.1) is 0 Å². The summed E-state index contributed by atoms with van der Waals surface area (Å²) < 4.78 is 38.4. The predicted octanol–water partition coefficient (Wildman–Crippen LogP) is 4.87. The standard InChI is InChI=1S/C18H22ClF3N2O2/c1-12(25)24(14-5-3-2-4-6-14)10-9-17(26)23-16-11-13(18(20,21)22)7-8-15(16)19/h7-8,11,14H,2-6,9-10H2,1H3,(H,23,26). The molecular weight excluding hydrogens is 369 g/mol. The molecule has 0 saturated heterocycles. The van der Waals surface area contributed by atoms with Gasteiger partial charge in [-0.05, 0) is 31.0 Å². The fraction of sp³-hybridized carbons (Fsp3) is 0.556. The van der Waals surface area contributed by atoms with E-state index in [9.17, 15) is 22.8 Å². The summed E-state index contributed by atoms with van der Waals surface area (Å²) in [6.45, 7) is 1.71. The molecule has 1 saturated carbocycles. The van der Waals surface area contributed by atoms with E-state index in [0.29, 0.717) is 0 Å². The van der Waals surface area contributed by atoms with E-state index in [1.54, 1.807) is 4.90 Å². The summed E-state index contributed by atoms with van der Waals surface area (Å²) in [5, 5.41) is 2.44. The van der Waals surface area contributed by atoms with Crippen molar-refractivity contribution in [1.82, 2.24) is 4.90 Å². The molecule has 4 nitrogen and oxygen atoms in total. The fourth-order valence-corrected chi connectivity index (χ4v) is 3.39. The molecule has 0 bridgehead atoms. The topological polar surface area (TPSA) is 49.4 Å². The summed E-state index contributed by atoms with van der Waals surface area (Å²) in [5.74, 6) is -0.574. The van der Waals surface area contributed by atoms with E-state index in [1.165, 1.54) is 6.92 Å². The Bertz CT molecular complexity index is 658. The Balaban J connectivity index is 1.98. The monoisotopic (exact) mass is 390 g/mol. The zero-order chi connectivity index (χ0) is 19.3. The zero-order valence-corrected chi connectivity index (χ0v) is 15.3. The Kier molecular flexibility index (Phi) is 6.92. The number of nitrogens with zero attached hydrogens (tertiary/aromatic N) is 1. The minimum atomic E-state index is -4.52. The number of alkyl halides is 3. The van der Waals surface area contributed by atoms with Crippen molar-refractivity contribution >= 4 is 29.1 Å². The molecule has 2 amide bonds. The minimum Gasteiger partial charge on any atom is -0.339 e. The van der Waals surface area contributed by atoms with Crippen LogP contribution in [0.1, 0.15) is 51.0 Å². The van der Waals surface area contributed by atoms with Crippen molar-refractivity contribution in [3.8, 4) is 0 Å². The van der Waals surface area contributed by atoms with Crippen molar-refractivity contribution in [2.75, 3.05) is 11.9 Å². The molecule has 8 heteroatoms. The number of hydrogen-bond donors (Lipinski definition) is 1. The van der Waals surface area contributed by atoms with Gasteiger partial charge in [0, 0.05) is 25.9 Å². The minimum absolute atomic E-state index is 0.00263. The maximum Gasteiger partial charge on any atom is 0.416 e. The molecule has 0 unspecified atom stereocenters. The summed E-state index contributed by atoms with van der Waals surface area (Å²) in [4.78, 5) is 25.7. The number of anilines is 1. The predicted molar refractivity (Wildman–Crippen MR) is 94.0 cm³/mol. The van der Waals surface area contributed by atoms with E-state index in [2.05, 4.69) is 5.32 Å². The Morgan fingerprint density at radius 2 is 1.88 bits per heavy atom. The van der Waals surface area contributed by atoms with Gasteiger partial charge in [0.2, 0.25) is 11.8 Å². The van der Waals surface area contributed by atoms with Crippen LogP contribution < -0.4 is 5.32 Å². The molecule has 1 aromatic carbocycles. The van der Waals surface area contributed by atoms with Crippen LogP contribution in [0.3, 0.4) is 0 Å². The Labute approximate surface area is 155 Å². The van der Waals surface area contributed by atoms with Gasteiger partial charge in [0.15, 0.2) is 0 Å². The summed E-state index contributed by atoms with van der Waals surface area (Å²) in [6, 6.07) is 2.90. The maximum absolute atomic E-state index is 12.8. The SMILES string of the molecule is CC(=O)N(CCC(=O)Nc1cc(C(F)(F)F)ccc1Cl)C1CCCCC1. The molecule has 0 spiro atoms. The van der Waals surface area contributed by atoms with Gasteiger partial charge in [-0.3, -0.25) is 9.59 Å². The number of carbonyl (C=O) groups excluding carboxylic acids is 2. The van der Waals surface area contributed by atoms with Gasteiger partial charge < -0.3 is 10.2 Å². The lowest BCUT2D eigenvalue weighted by molar-refractivity contribution is -0.137. The normalized spacial score (nSPS) is 15.6. The molecule has 0 heterocycles. The fourth-order valence-electron chi connectivity index (χ4n) is 3.22. The molecule has 26 heavy (non-hydrogen) atoms. The quantitative estimate of drug-likeness (QED) is 0.779. The number of halogens is 4. The molecule has 144 valence electrons. The summed E-state index contributed by atoms with van der Waals surface area (Å²) in [6.07, 6.45) is 0.582. The molecule has 0 aromatic heterocycles. The van der Waals surface area contributed by atoms with E-state index >= 15 is 0 Å². The number of amides is 2. The van der Waals surface area contributed by atoms with E-state index in [4.69, 9.17) is 11.6 Å². The molecule has 0 radical (unpaired) electrons. The Hall–Kier alpha value is -1.76. The van der Waals surface area contributed by atoms with Gasteiger partial charge in [0.1, 0.15) is 0 Å². The van der Waals surface area contributed by atoms with Gasteiger partial charge in [0.05, 0.1) is 16.3 Å². The van der Waals surface area contributed by atoms with Gasteiger partial charge >= 0.3 is 6.18 Å². The Morgan fingerprint density at radius 1 is 1.23 bits per heavy atom. The average molecular weight is 391 g/mol. The summed E-state index contributed by atoms with van der Waals surface area (Å²) in [5.41, 5.74) is -0.969. The molecule has 1 fully saturated rings. The highest BCUT2D eigenvalue weighted by Crippen LogP contribution is 2.33. The van der Waals surface area contributed by atoms with Gasteiger partial charge in [-0.1, -0.05) is 30.9 Å². The van der Waals surface area contributed by atoms with Crippen molar-refractivity contribution in [3.05, 3.63) is 28.8 Å². The van der Waals surface area contributed by atoms with Crippen LogP contribution in [-0.2, 0) is 15.8 Å². The first-order valence-electron chi connectivity index (χ1n) is 8.62. The molecular formula is C18H22ClF3N2O2. The van der Waals surface area contributed by atoms with Gasteiger partial charge in [-0.2, -0.15) is 13.2 Å². The third kappa shape index (κ3) is 5.62. The molecule has 1 aliphatic rings. The second-order valence-electron chi connectivity index (χ2n) is 6.49. The number of benzene rings is 1. The molecule has 1 N–H and O–H groups in total. The molecule has 1 aromatic rings. The molecule has 0 aliphatic heterocycles. The molecule has 0 atom stereocenters. The first kappa shape index (κ1) is 20.6. The van der Waals surface area contributed by atoms with Crippen LogP contribution >= 0.6 is 11.6 Å². The second kappa shape index (κ2) is 8.75. The number of hydrogen-bond acceptors (Lipinski definition) is 2. The first-order chi connectivity index (χ1) is 12.2. The highest BCUT2D eigenvalue weighted by atomic mass is 35.5. The van der Waals surface area contributed by atoms with Crippen LogP contribution in [0.5, 0.6) is 0 Å². The lowest BCUT2D eigenvalue weighted by Gasteiger charge is -2.33. The van der Waals surface area contributed by atoms with E-state index in [1.807, 2.05) is 0 Å². The smallest absolute Gasteiger partial charge is 0.339 e. The summed E-state index contributed by atoms with van der Waals surface area (Å²) >= 11 is 5.88. The van der Waals surface area contributed by atoms with Crippen molar-refractivity contribution in [3.63, 3.8) is 0 Å². The highest BCUT2D eigenvalue weighted by molar-refractivity contribution is 6.33. The number of rotatable bonds is 5. The van der Waals surface area contributed by atoms with E-state index in [0.717, 1.165) is 50.3 Å². The van der Waals surface area contributed by atoms with Crippen LogP contribution in [0.15, 0.2) is 18.2 Å². The third-order valence-corrected chi connectivity index (χ3v) is 4.90. The van der Waals surface area contributed by atoms with Gasteiger partial charge in [-0.25, -0.2) is 0 Å². The van der Waals surface area contributed by atoms with Crippen molar-refractivity contribution in [2.45, 2.75) is 57.7 Å². The number of nitrogens with one attached hydrogen (secondary N) is 1. The first-order valence-corrected chi connectivity index (χ1v) is 9.00. The van der Waals surface area contributed by atoms with Gasteiger partial charge in [0.25, 0.3) is 0 Å². The highest BCUT2D eigenvalue weighted by Gasteiger charge is 2.31. The van der Waals surface area contributed by atoms with Crippen molar-refractivity contribution in [2.24, 2.45) is 0 Å². The lowest BCUT2D eigenvalue weighted by Crippen LogP contribution is -2.41. The van der Waals surface area contributed by atoms with E-state index in [-0.39, 0.29) is 35.6 Å². The Morgan fingerprint density at radius 3 is 2.46 bits per heavy atom. The zero-order valence-electron chi connectivity index (χ0n) is 14.5. The molecule has 2 rings (SSSR count). The maximum atomic E-state index is 12.8. The average Bonchev–Trinajstić information content (AvgIpc) is 2.56. The third-order valence-electron chi connectivity index (χ3n) is 4.57.